The number of halogens is 1. The van der Waals surface area contributed by atoms with Crippen LogP contribution in [0.2, 0.25) is 0 Å². The van der Waals surface area contributed by atoms with E-state index in [-0.39, 0.29) is 23.3 Å². The van der Waals surface area contributed by atoms with Crippen LogP contribution in [0.5, 0.6) is 0 Å². The molecule has 2 amide bonds. The van der Waals surface area contributed by atoms with Crippen molar-refractivity contribution in [3.8, 4) is 11.3 Å². The molecule has 0 saturated carbocycles. The number of nitrogens with one attached hydrogen (secondary N) is 2. The summed E-state index contributed by atoms with van der Waals surface area (Å²) in [6.07, 6.45) is 0. The lowest BCUT2D eigenvalue weighted by Crippen LogP contribution is -2.22. The van der Waals surface area contributed by atoms with Gasteiger partial charge in [-0.05, 0) is 67.6 Å². The van der Waals surface area contributed by atoms with Crippen molar-refractivity contribution in [1.29, 1.82) is 0 Å². The quantitative estimate of drug-likeness (QED) is 0.161. The molecule has 0 saturated heterocycles. The smallest absolute Gasteiger partial charge is 0.269 e. The second-order valence-electron chi connectivity index (χ2n) is 7.58. The average Bonchev–Trinajstić information content (AvgIpc) is 3.34. The molecule has 1 heterocycles. The zero-order valence-electron chi connectivity index (χ0n) is 18.8. The lowest BCUT2D eigenvalue weighted by molar-refractivity contribution is -0.384. The molecule has 2 N–H and O–H groups in total. The van der Waals surface area contributed by atoms with Gasteiger partial charge in [0, 0.05) is 39.2 Å². The second-order valence-corrected chi connectivity index (χ2v) is 9.85. The Balaban J connectivity index is 1.30. The number of carbonyl (C=O) groups excluding carboxylic acids is 2. The monoisotopic (exact) mass is 522 g/mol. The van der Waals surface area contributed by atoms with Crippen molar-refractivity contribution >= 4 is 51.4 Å². The molecule has 0 aliphatic heterocycles. The van der Waals surface area contributed by atoms with Crippen LogP contribution < -0.4 is 10.6 Å². The van der Waals surface area contributed by atoms with E-state index in [1.165, 1.54) is 59.5 Å². The van der Waals surface area contributed by atoms with Gasteiger partial charge in [0.2, 0.25) is 5.91 Å². The molecule has 1 unspecified atom stereocenters. The van der Waals surface area contributed by atoms with Crippen LogP contribution in [0.25, 0.3) is 11.3 Å². The predicted molar refractivity (Wildman–Crippen MR) is 139 cm³/mol. The van der Waals surface area contributed by atoms with Gasteiger partial charge in [0.05, 0.1) is 15.9 Å². The van der Waals surface area contributed by atoms with E-state index < -0.39 is 10.2 Å². The first-order chi connectivity index (χ1) is 17.3. The number of carbonyl (C=O) groups is 2. The number of hydrogen-bond acceptors (Lipinski definition) is 7. The summed E-state index contributed by atoms with van der Waals surface area (Å²) in [5.74, 6) is -0.926. The minimum Gasteiger partial charge on any atom is -0.322 e. The Bertz CT molecular complexity index is 1390. The van der Waals surface area contributed by atoms with Crippen LogP contribution in [0.1, 0.15) is 17.3 Å². The van der Waals surface area contributed by atoms with Gasteiger partial charge >= 0.3 is 0 Å². The summed E-state index contributed by atoms with van der Waals surface area (Å²) in [6.45, 7) is 1.78. The number of rotatable bonds is 8. The molecule has 4 aromatic rings. The summed E-state index contributed by atoms with van der Waals surface area (Å²) in [4.78, 5) is 40.4. The van der Waals surface area contributed by atoms with Crippen molar-refractivity contribution in [1.82, 2.24) is 4.98 Å². The number of amides is 2. The van der Waals surface area contributed by atoms with Crippen molar-refractivity contribution in [2.75, 3.05) is 10.6 Å². The summed E-state index contributed by atoms with van der Waals surface area (Å²) < 4.78 is 13.1. The molecule has 0 spiro atoms. The molecule has 0 aliphatic rings. The fourth-order valence-electron chi connectivity index (χ4n) is 3.10. The number of benzene rings is 3. The first kappa shape index (κ1) is 25.0. The van der Waals surface area contributed by atoms with Crippen LogP contribution >= 0.6 is 23.1 Å². The maximum atomic E-state index is 13.1. The Morgan fingerprint density at radius 3 is 2.31 bits per heavy atom. The van der Waals surface area contributed by atoms with E-state index in [4.69, 9.17) is 0 Å². The molecule has 182 valence electrons. The lowest BCUT2D eigenvalue weighted by Gasteiger charge is -2.11. The third kappa shape index (κ3) is 6.32. The largest absolute Gasteiger partial charge is 0.322 e. The molecule has 0 radical (unpaired) electrons. The highest BCUT2D eigenvalue weighted by Crippen LogP contribution is 2.28. The SMILES string of the molecule is CC(Sc1ccc(NC(=O)c2ccc([N+](=O)[O-])cc2)cc1)C(=O)Nc1nc(-c2ccc(F)cc2)cs1. The zero-order chi connectivity index (χ0) is 25.7. The summed E-state index contributed by atoms with van der Waals surface area (Å²) >= 11 is 2.64. The summed E-state index contributed by atoms with van der Waals surface area (Å²) in [5, 5.41) is 18.1. The number of non-ortho nitro benzene ring substituents is 1. The topological polar surface area (TPSA) is 114 Å². The van der Waals surface area contributed by atoms with E-state index in [0.29, 0.717) is 22.1 Å². The third-order valence-electron chi connectivity index (χ3n) is 5.01. The van der Waals surface area contributed by atoms with Gasteiger partial charge in [-0.25, -0.2) is 9.37 Å². The first-order valence-electron chi connectivity index (χ1n) is 10.6. The van der Waals surface area contributed by atoms with Crippen LogP contribution in [0.15, 0.2) is 83.1 Å². The first-order valence-corrected chi connectivity index (χ1v) is 12.4. The van der Waals surface area contributed by atoms with Gasteiger partial charge in [0.15, 0.2) is 5.13 Å². The van der Waals surface area contributed by atoms with Crippen LogP contribution in [0.4, 0.5) is 20.9 Å². The minimum atomic E-state index is -0.526. The van der Waals surface area contributed by atoms with Crippen molar-refractivity contribution in [3.05, 3.63) is 99.7 Å². The van der Waals surface area contributed by atoms with Gasteiger partial charge in [-0.15, -0.1) is 23.1 Å². The Hall–Kier alpha value is -4.09. The fourth-order valence-corrected chi connectivity index (χ4v) is 4.69. The molecular weight excluding hydrogens is 503 g/mol. The van der Waals surface area contributed by atoms with Crippen molar-refractivity contribution < 1.29 is 18.9 Å². The van der Waals surface area contributed by atoms with E-state index in [0.717, 1.165) is 10.5 Å². The highest BCUT2D eigenvalue weighted by atomic mass is 32.2. The number of anilines is 2. The van der Waals surface area contributed by atoms with Gasteiger partial charge in [-0.3, -0.25) is 19.7 Å². The third-order valence-corrected chi connectivity index (χ3v) is 6.88. The van der Waals surface area contributed by atoms with Crippen LogP contribution in [-0.2, 0) is 4.79 Å². The highest BCUT2D eigenvalue weighted by molar-refractivity contribution is 8.00. The Morgan fingerprint density at radius 1 is 1.00 bits per heavy atom. The van der Waals surface area contributed by atoms with Crippen molar-refractivity contribution in [2.24, 2.45) is 0 Å². The van der Waals surface area contributed by atoms with Gasteiger partial charge in [-0.2, -0.15) is 0 Å². The summed E-state index contributed by atoms with van der Waals surface area (Å²) in [5.41, 5.74) is 2.18. The summed E-state index contributed by atoms with van der Waals surface area (Å²) in [7, 11) is 0. The van der Waals surface area contributed by atoms with Gasteiger partial charge in [0.25, 0.3) is 11.6 Å². The minimum absolute atomic E-state index is 0.0886. The summed E-state index contributed by atoms with van der Waals surface area (Å²) in [6, 6.07) is 18.3. The van der Waals surface area contributed by atoms with E-state index in [1.807, 2.05) is 0 Å². The number of thioether (sulfide) groups is 1. The zero-order valence-corrected chi connectivity index (χ0v) is 20.4. The molecular formula is C25H19FN4O4S2. The molecule has 0 bridgehead atoms. The number of thiazole rings is 1. The van der Waals surface area contributed by atoms with Crippen molar-refractivity contribution in [2.45, 2.75) is 17.1 Å². The highest BCUT2D eigenvalue weighted by Gasteiger charge is 2.17. The van der Waals surface area contributed by atoms with Crippen molar-refractivity contribution in [3.63, 3.8) is 0 Å². The number of hydrogen-bond donors (Lipinski definition) is 2. The van der Waals surface area contributed by atoms with E-state index in [2.05, 4.69) is 15.6 Å². The maximum absolute atomic E-state index is 13.1. The molecule has 8 nitrogen and oxygen atoms in total. The molecule has 0 aliphatic carbocycles. The number of nitro groups is 1. The van der Waals surface area contributed by atoms with Gasteiger partial charge < -0.3 is 10.6 Å². The maximum Gasteiger partial charge on any atom is 0.269 e. The molecule has 36 heavy (non-hydrogen) atoms. The molecule has 11 heteroatoms. The number of aromatic nitrogens is 1. The lowest BCUT2D eigenvalue weighted by atomic mass is 10.2. The van der Waals surface area contributed by atoms with E-state index in [1.54, 1.807) is 48.7 Å². The molecule has 0 fully saturated rings. The van der Waals surface area contributed by atoms with Crippen LogP contribution in [0.3, 0.4) is 0 Å². The van der Waals surface area contributed by atoms with Gasteiger partial charge in [-0.1, -0.05) is 0 Å². The molecule has 1 aromatic heterocycles. The van der Waals surface area contributed by atoms with Crippen LogP contribution in [-0.4, -0.2) is 27.0 Å². The predicted octanol–water partition coefficient (Wildman–Crippen LogP) is 6.23. The Labute approximate surface area is 213 Å². The Kier molecular flexibility index (Phi) is 7.71. The standard InChI is InChI=1S/C25H19FN4O4S2/c1-15(23(31)29-25-28-22(14-35-25)16-2-6-18(26)7-3-16)36-21-12-8-19(9-13-21)27-24(32)17-4-10-20(11-5-17)30(33)34/h2-15H,1H3,(H,27,32)(H,28,29,31). The Morgan fingerprint density at radius 2 is 1.67 bits per heavy atom. The molecule has 3 aromatic carbocycles. The number of nitrogens with zero attached hydrogens (tertiary/aromatic N) is 2. The van der Waals surface area contributed by atoms with E-state index >= 15 is 0 Å². The normalized spacial score (nSPS) is 11.5. The van der Waals surface area contributed by atoms with Gasteiger partial charge in [0.1, 0.15) is 5.82 Å². The fraction of sp³-hybridized carbons (Fsp3) is 0.0800. The average molecular weight is 523 g/mol. The van der Waals surface area contributed by atoms with Crippen LogP contribution in [0, 0.1) is 15.9 Å². The molecule has 4 rings (SSSR count). The van der Waals surface area contributed by atoms with E-state index in [9.17, 15) is 24.1 Å². The second kappa shape index (κ2) is 11.1. The number of nitro benzene ring substituents is 1. The molecule has 1 atom stereocenters.